The van der Waals surface area contributed by atoms with Gasteiger partial charge in [0, 0.05) is 17.8 Å². The lowest BCUT2D eigenvalue weighted by Crippen LogP contribution is -2.06. The van der Waals surface area contributed by atoms with Crippen LogP contribution in [-0.4, -0.2) is 19.9 Å². The van der Waals surface area contributed by atoms with Gasteiger partial charge in [0.1, 0.15) is 12.0 Å². The van der Waals surface area contributed by atoms with E-state index in [4.69, 9.17) is 17.3 Å². The van der Waals surface area contributed by atoms with Crippen molar-refractivity contribution in [3.8, 4) is 0 Å². The molecule has 3 aromatic heterocycles. The van der Waals surface area contributed by atoms with Crippen LogP contribution < -0.4 is 16.4 Å². The Morgan fingerprint density at radius 1 is 0.769 bits per heavy atom. The molecule has 0 spiro atoms. The van der Waals surface area contributed by atoms with E-state index < -0.39 is 0 Å². The van der Waals surface area contributed by atoms with Gasteiger partial charge in [-0.1, -0.05) is 29.8 Å². The third-order valence-corrected chi connectivity index (χ3v) is 4.08. The summed E-state index contributed by atoms with van der Waals surface area (Å²) in [5.74, 6) is 0.909. The molecule has 0 fully saturated rings. The molecule has 8 heteroatoms. The van der Waals surface area contributed by atoms with Crippen LogP contribution in [0.15, 0.2) is 61.2 Å². The summed E-state index contributed by atoms with van der Waals surface area (Å²) in [6, 6.07) is 13.3. The van der Waals surface area contributed by atoms with Crippen molar-refractivity contribution in [3.05, 3.63) is 66.3 Å². The lowest BCUT2D eigenvalue weighted by Gasteiger charge is -2.13. The number of pyridine rings is 2. The summed E-state index contributed by atoms with van der Waals surface area (Å²) < 4.78 is 0. The van der Waals surface area contributed by atoms with Crippen molar-refractivity contribution >= 4 is 51.2 Å². The minimum absolute atomic E-state index is 0.332. The van der Waals surface area contributed by atoms with Gasteiger partial charge in [-0.25, -0.2) is 15.0 Å². The van der Waals surface area contributed by atoms with E-state index in [1.54, 1.807) is 24.5 Å². The molecule has 0 unspecified atom stereocenters. The van der Waals surface area contributed by atoms with Crippen molar-refractivity contribution < 1.29 is 0 Å². The Bertz CT molecular complexity index is 1080. The molecule has 0 aliphatic carbocycles. The van der Waals surface area contributed by atoms with E-state index in [1.165, 1.54) is 6.33 Å². The highest BCUT2D eigenvalue weighted by Gasteiger charge is 2.11. The van der Waals surface area contributed by atoms with Gasteiger partial charge in [-0.3, -0.25) is 4.98 Å². The van der Waals surface area contributed by atoms with Crippen molar-refractivity contribution in [2.45, 2.75) is 0 Å². The number of benzene rings is 1. The maximum absolute atomic E-state index is 6.24. The molecule has 0 radical (unpaired) electrons. The first kappa shape index (κ1) is 16.0. The zero-order chi connectivity index (χ0) is 17.9. The first-order valence-electron chi connectivity index (χ1n) is 7.81. The summed E-state index contributed by atoms with van der Waals surface area (Å²) in [7, 11) is 0. The van der Waals surface area contributed by atoms with E-state index >= 15 is 0 Å². The third kappa shape index (κ3) is 3.07. The molecule has 0 amide bonds. The topological polar surface area (TPSA) is 102 Å². The van der Waals surface area contributed by atoms with Crippen LogP contribution in [0, 0.1) is 0 Å². The molecular weight excluding hydrogens is 350 g/mol. The number of nitrogens with zero attached hydrogens (tertiary/aromatic N) is 4. The number of anilines is 5. The monoisotopic (exact) mass is 363 g/mol. The summed E-state index contributed by atoms with van der Waals surface area (Å²) in [6.45, 7) is 0. The molecule has 26 heavy (non-hydrogen) atoms. The maximum Gasteiger partial charge on any atom is 0.159 e. The lowest BCUT2D eigenvalue weighted by atomic mass is 10.2. The van der Waals surface area contributed by atoms with Gasteiger partial charge in [-0.05, 0) is 24.3 Å². The van der Waals surface area contributed by atoms with E-state index in [1.807, 2.05) is 30.3 Å². The number of nitrogens with two attached hydrogens (primary N) is 1. The van der Waals surface area contributed by atoms with Crippen molar-refractivity contribution in [1.82, 2.24) is 19.9 Å². The van der Waals surface area contributed by atoms with Gasteiger partial charge in [0.15, 0.2) is 16.8 Å². The number of para-hydroxylation sites is 1. The fourth-order valence-electron chi connectivity index (χ4n) is 2.53. The summed E-state index contributed by atoms with van der Waals surface area (Å²) >= 11 is 6.08. The highest BCUT2D eigenvalue weighted by atomic mass is 35.5. The minimum Gasteiger partial charge on any atom is -0.393 e. The molecule has 3 heterocycles. The van der Waals surface area contributed by atoms with Gasteiger partial charge in [0.25, 0.3) is 0 Å². The normalized spacial score (nSPS) is 10.7. The first-order valence-corrected chi connectivity index (χ1v) is 8.19. The largest absolute Gasteiger partial charge is 0.393 e. The predicted molar refractivity (Wildman–Crippen MR) is 104 cm³/mol. The smallest absolute Gasteiger partial charge is 0.159 e. The maximum atomic E-state index is 6.24. The summed E-state index contributed by atoms with van der Waals surface area (Å²) in [5, 5.41) is 7.66. The molecule has 0 aliphatic heterocycles. The molecule has 0 bridgehead atoms. The number of hydrogen-bond acceptors (Lipinski definition) is 7. The van der Waals surface area contributed by atoms with Crippen molar-refractivity contribution in [2.75, 3.05) is 16.4 Å². The molecule has 0 aliphatic rings. The van der Waals surface area contributed by atoms with E-state index in [-0.39, 0.29) is 0 Å². The Labute approximate surface area is 154 Å². The van der Waals surface area contributed by atoms with Gasteiger partial charge in [0.2, 0.25) is 0 Å². The second kappa shape index (κ2) is 6.81. The van der Waals surface area contributed by atoms with Gasteiger partial charge in [-0.2, -0.15) is 0 Å². The number of aromatic nitrogens is 4. The Hall–Kier alpha value is -3.45. The van der Waals surface area contributed by atoms with Crippen LogP contribution in [-0.2, 0) is 0 Å². The van der Waals surface area contributed by atoms with Crippen molar-refractivity contribution in [1.29, 1.82) is 0 Å². The predicted octanol–water partition coefficient (Wildman–Crippen LogP) is 4.14. The zero-order valence-electron chi connectivity index (χ0n) is 13.5. The molecule has 1 aromatic carbocycles. The number of nitrogens with one attached hydrogen (secondary N) is 2. The molecule has 4 aromatic rings. The number of rotatable bonds is 4. The second-order valence-electron chi connectivity index (χ2n) is 5.46. The average Bonchev–Trinajstić information content (AvgIpc) is 2.67. The molecule has 0 saturated carbocycles. The van der Waals surface area contributed by atoms with Crippen LogP contribution in [0.1, 0.15) is 0 Å². The van der Waals surface area contributed by atoms with E-state index in [9.17, 15) is 0 Å². The highest BCUT2D eigenvalue weighted by molar-refractivity contribution is 6.32. The Kier molecular flexibility index (Phi) is 4.20. The van der Waals surface area contributed by atoms with Crippen LogP contribution in [0.4, 0.5) is 28.7 Å². The van der Waals surface area contributed by atoms with Gasteiger partial charge < -0.3 is 16.4 Å². The number of fused-ring (bicyclic) bond motifs is 1. The molecule has 4 N–H and O–H groups in total. The number of hydrogen-bond donors (Lipinski definition) is 3. The highest BCUT2D eigenvalue weighted by Crippen LogP contribution is 2.31. The summed E-state index contributed by atoms with van der Waals surface area (Å²) in [6.07, 6.45) is 4.77. The van der Waals surface area contributed by atoms with Gasteiger partial charge in [0.05, 0.1) is 16.9 Å². The Balaban J connectivity index is 1.69. The van der Waals surface area contributed by atoms with Crippen LogP contribution >= 0.6 is 11.6 Å². The molecule has 7 nitrogen and oxygen atoms in total. The van der Waals surface area contributed by atoms with Crippen molar-refractivity contribution in [3.63, 3.8) is 0 Å². The van der Waals surface area contributed by atoms with Crippen LogP contribution in [0.5, 0.6) is 0 Å². The van der Waals surface area contributed by atoms with E-state index in [0.29, 0.717) is 28.2 Å². The van der Waals surface area contributed by atoms with Crippen LogP contribution in [0.2, 0.25) is 5.15 Å². The molecule has 4 rings (SSSR count). The lowest BCUT2D eigenvalue weighted by molar-refractivity contribution is 1.17. The quantitative estimate of drug-likeness (QED) is 0.468. The number of halogens is 1. The Morgan fingerprint density at radius 2 is 1.42 bits per heavy atom. The van der Waals surface area contributed by atoms with E-state index in [0.717, 1.165) is 16.6 Å². The average molecular weight is 364 g/mol. The summed E-state index contributed by atoms with van der Waals surface area (Å²) in [4.78, 5) is 16.9. The van der Waals surface area contributed by atoms with Crippen LogP contribution in [0.25, 0.3) is 10.9 Å². The molecule has 0 atom stereocenters. The van der Waals surface area contributed by atoms with Gasteiger partial charge in [-0.15, -0.1) is 0 Å². The fraction of sp³-hybridized carbons (Fsp3) is 0. The molecule has 0 saturated heterocycles. The van der Waals surface area contributed by atoms with Crippen molar-refractivity contribution in [2.24, 2.45) is 0 Å². The molecular formula is C18H14ClN7. The van der Waals surface area contributed by atoms with Crippen LogP contribution in [0.3, 0.4) is 0 Å². The fourth-order valence-corrected chi connectivity index (χ4v) is 2.70. The summed E-state index contributed by atoms with van der Waals surface area (Å²) in [5.41, 5.74) is 8.85. The molecule has 128 valence electrons. The van der Waals surface area contributed by atoms with E-state index in [2.05, 4.69) is 30.6 Å². The third-order valence-electron chi connectivity index (χ3n) is 3.78. The Morgan fingerprint density at radius 3 is 2.23 bits per heavy atom. The number of nitrogen functional groups attached to an aromatic ring is 1. The first-order chi connectivity index (χ1) is 12.7. The standard InChI is InChI=1S/C18H14ClN7/c19-16-13(7-3-9-22-16)26-18-14(20)17(23-10-24-18)25-12-6-1-4-11-5-2-8-21-15(11)12/h1-10H,20H2,(H2,23,24,25,26). The second-order valence-corrected chi connectivity index (χ2v) is 5.82. The minimum atomic E-state index is 0.332. The zero-order valence-corrected chi connectivity index (χ0v) is 14.3. The SMILES string of the molecule is Nc1c(Nc2cccnc2Cl)ncnc1Nc1cccc2cccnc12. The van der Waals surface area contributed by atoms with Gasteiger partial charge >= 0.3 is 0 Å².